The Kier molecular flexibility index (Phi) is 4.99. The maximum atomic E-state index is 12.1. The van der Waals surface area contributed by atoms with Crippen LogP contribution in [0, 0.1) is 0 Å². The number of amides is 1. The number of hydrogen-bond acceptors (Lipinski definition) is 7. The molecule has 0 aliphatic heterocycles. The second-order valence-electron chi connectivity index (χ2n) is 5.20. The van der Waals surface area contributed by atoms with E-state index in [9.17, 15) is 4.79 Å². The average Bonchev–Trinajstić information content (AvgIpc) is 3.32. The van der Waals surface area contributed by atoms with Crippen LogP contribution in [0.3, 0.4) is 0 Å². The third-order valence-electron chi connectivity index (χ3n) is 3.55. The predicted octanol–water partition coefficient (Wildman–Crippen LogP) is 3.31. The molecule has 0 radical (unpaired) electrons. The molecule has 1 atom stereocenters. The molecule has 0 fully saturated rings. The first-order valence-corrected chi connectivity index (χ1v) is 8.40. The summed E-state index contributed by atoms with van der Waals surface area (Å²) >= 11 is 1.37. The molecule has 3 rings (SSSR count). The third kappa shape index (κ3) is 3.63. The van der Waals surface area contributed by atoms with Gasteiger partial charge in [0.25, 0.3) is 5.91 Å². The van der Waals surface area contributed by atoms with Crippen LogP contribution >= 0.6 is 11.3 Å². The van der Waals surface area contributed by atoms with Crippen molar-refractivity contribution in [3.05, 3.63) is 46.5 Å². The van der Waals surface area contributed by atoms with Gasteiger partial charge in [-0.05, 0) is 36.6 Å². The Labute approximate surface area is 148 Å². The van der Waals surface area contributed by atoms with Crippen LogP contribution in [-0.4, -0.2) is 30.3 Å². The van der Waals surface area contributed by atoms with Crippen LogP contribution < -0.4 is 14.8 Å². The Morgan fingerprint density at radius 2 is 2.04 bits per heavy atom. The average molecular weight is 359 g/mol. The summed E-state index contributed by atoms with van der Waals surface area (Å²) in [6, 6.07) is 8.53. The fraction of sp³-hybridized carbons (Fsp3) is 0.235. The molecule has 0 bridgehead atoms. The van der Waals surface area contributed by atoms with Crippen molar-refractivity contribution in [3.8, 4) is 22.9 Å². The number of benzene rings is 1. The number of carbonyl (C=O) groups is 1. The lowest BCUT2D eigenvalue weighted by atomic mass is 10.2. The first kappa shape index (κ1) is 17.0. The number of rotatable bonds is 6. The first-order valence-electron chi connectivity index (χ1n) is 7.52. The van der Waals surface area contributed by atoms with Crippen LogP contribution in [-0.2, 0) is 0 Å². The van der Waals surface area contributed by atoms with Gasteiger partial charge >= 0.3 is 0 Å². The molecule has 3 aromatic rings. The molecular weight excluding hydrogens is 342 g/mol. The van der Waals surface area contributed by atoms with Crippen molar-refractivity contribution in [1.29, 1.82) is 0 Å². The largest absolute Gasteiger partial charge is 0.493 e. The number of ether oxygens (including phenoxy) is 2. The van der Waals surface area contributed by atoms with Crippen molar-refractivity contribution in [2.45, 2.75) is 13.0 Å². The summed E-state index contributed by atoms with van der Waals surface area (Å²) in [6.07, 6.45) is 0. The van der Waals surface area contributed by atoms with Crippen molar-refractivity contribution in [3.63, 3.8) is 0 Å². The van der Waals surface area contributed by atoms with E-state index in [1.54, 1.807) is 39.3 Å². The van der Waals surface area contributed by atoms with Crippen LogP contribution in [0.15, 0.2) is 40.2 Å². The second-order valence-corrected chi connectivity index (χ2v) is 6.15. The highest BCUT2D eigenvalue weighted by atomic mass is 32.1. The lowest BCUT2D eigenvalue weighted by Gasteiger charge is -2.08. The van der Waals surface area contributed by atoms with E-state index < -0.39 is 6.04 Å². The van der Waals surface area contributed by atoms with Crippen LogP contribution in [0.1, 0.15) is 28.5 Å². The van der Waals surface area contributed by atoms with Gasteiger partial charge < -0.3 is 19.3 Å². The molecule has 25 heavy (non-hydrogen) atoms. The van der Waals surface area contributed by atoms with Crippen molar-refractivity contribution < 1.29 is 18.8 Å². The highest BCUT2D eigenvalue weighted by Crippen LogP contribution is 2.31. The van der Waals surface area contributed by atoms with Gasteiger partial charge in [-0.25, -0.2) is 0 Å². The van der Waals surface area contributed by atoms with E-state index >= 15 is 0 Å². The van der Waals surface area contributed by atoms with E-state index in [1.165, 1.54) is 11.3 Å². The van der Waals surface area contributed by atoms with Crippen molar-refractivity contribution in [2.75, 3.05) is 14.2 Å². The fourth-order valence-corrected chi connectivity index (χ4v) is 2.87. The molecular formula is C17H17N3O4S. The monoisotopic (exact) mass is 359 g/mol. The molecule has 0 unspecified atom stereocenters. The molecule has 0 spiro atoms. The van der Waals surface area contributed by atoms with E-state index in [4.69, 9.17) is 14.0 Å². The number of aromatic nitrogens is 2. The second kappa shape index (κ2) is 7.35. The Hall–Kier alpha value is -2.87. The Balaban J connectivity index is 1.77. The highest BCUT2D eigenvalue weighted by Gasteiger charge is 2.19. The number of carbonyl (C=O) groups excluding carboxylic acids is 1. The molecule has 7 nitrogen and oxygen atoms in total. The van der Waals surface area contributed by atoms with Crippen molar-refractivity contribution in [1.82, 2.24) is 15.5 Å². The smallest absolute Gasteiger partial charge is 0.261 e. The van der Waals surface area contributed by atoms with Gasteiger partial charge in [-0.2, -0.15) is 4.98 Å². The minimum absolute atomic E-state index is 0.173. The molecule has 1 aromatic carbocycles. The molecule has 0 aliphatic carbocycles. The lowest BCUT2D eigenvalue weighted by molar-refractivity contribution is 0.0936. The van der Waals surface area contributed by atoms with Crippen LogP contribution in [0.2, 0.25) is 0 Å². The molecule has 2 aromatic heterocycles. The van der Waals surface area contributed by atoms with Gasteiger partial charge in [0.15, 0.2) is 11.5 Å². The molecule has 0 saturated heterocycles. The lowest BCUT2D eigenvalue weighted by Crippen LogP contribution is -2.26. The van der Waals surface area contributed by atoms with E-state index in [-0.39, 0.29) is 5.91 Å². The number of nitrogens with zero attached hydrogens (tertiary/aromatic N) is 2. The number of hydrogen-bond donors (Lipinski definition) is 1. The molecule has 1 amide bonds. The number of thiophene rings is 1. The van der Waals surface area contributed by atoms with Gasteiger partial charge in [-0.15, -0.1) is 11.3 Å². The van der Waals surface area contributed by atoms with Gasteiger partial charge in [0.05, 0.1) is 19.1 Å². The van der Waals surface area contributed by atoms with E-state index in [2.05, 4.69) is 15.5 Å². The van der Waals surface area contributed by atoms with Crippen LogP contribution in [0.25, 0.3) is 11.4 Å². The summed E-state index contributed by atoms with van der Waals surface area (Å²) < 4.78 is 15.8. The van der Waals surface area contributed by atoms with Crippen LogP contribution in [0.4, 0.5) is 0 Å². The quantitative estimate of drug-likeness (QED) is 0.727. The number of methoxy groups -OCH3 is 2. The number of nitrogens with one attached hydrogen (secondary N) is 1. The molecule has 130 valence electrons. The van der Waals surface area contributed by atoms with Gasteiger partial charge in [0, 0.05) is 5.56 Å². The normalized spacial score (nSPS) is 11.8. The maximum absolute atomic E-state index is 12.1. The molecule has 8 heteroatoms. The predicted molar refractivity (Wildman–Crippen MR) is 93.0 cm³/mol. The third-order valence-corrected chi connectivity index (χ3v) is 4.42. The standard InChI is InChI=1S/C17H17N3O4S/c1-10(18-16(21)14-5-4-8-25-14)17-19-15(20-24-17)11-6-7-12(22-2)13(9-11)23-3/h4-10H,1-3H3,(H,18,21)/t10-/m1/s1. The summed E-state index contributed by atoms with van der Waals surface area (Å²) in [4.78, 5) is 17.1. The summed E-state index contributed by atoms with van der Waals surface area (Å²) in [5.74, 6) is 1.76. The van der Waals surface area contributed by atoms with E-state index in [0.717, 1.165) is 5.56 Å². The molecule has 0 saturated carbocycles. The summed E-state index contributed by atoms with van der Waals surface area (Å²) in [5, 5.41) is 8.66. The Bertz CT molecular complexity index is 861. The zero-order valence-electron chi connectivity index (χ0n) is 14.0. The summed E-state index contributed by atoms with van der Waals surface area (Å²) in [5.41, 5.74) is 0.726. The first-order chi connectivity index (χ1) is 12.1. The zero-order chi connectivity index (χ0) is 17.8. The Morgan fingerprint density at radius 3 is 2.72 bits per heavy atom. The molecule has 2 heterocycles. The van der Waals surface area contributed by atoms with E-state index in [1.807, 2.05) is 17.5 Å². The topological polar surface area (TPSA) is 86.5 Å². The van der Waals surface area contributed by atoms with Gasteiger partial charge in [-0.1, -0.05) is 11.2 Å². The zero-order valence-corrected chi connectivity index (χ0v) is 14.8. The summed E-state index contributed by atoms with van der Waals surface area (Å²) in [6.45, 7) is 1.79. The maximum Gasteiger partial charge on any atom is 0.261 e. The van der Waals surface area contributed by atoms with Gasteiger partial charge in [0.2, 0.25) is 11.7 Å². The van der Waals surface area contributed by atoms with Crippen molar-refractivity contribution >= 4 is 17.2 Å². The van der Waals surface area contributed by atoms with Gasteiger partial charge in [-0.3, -0.25) is 4.79 Å². The van der Waals surface area contributed by atoms with Gasteiger partial charge in [0.1, 0.15) is 6.04 Å². The molecule has 0 aliphatic rings. The molecule has 1 N–H and O–H groups in total. The Morgan fingerprint density at radius 1 is 1.24 bits per heavy atom. The van der Waals surface area contributed by atoms with Crippen LogP contribution in [0.5, 0.6) is 11.5 Å². The SMILES string of the molecule is COc1ccc(-c2noc([C@@H](C)NC(=O)c3cccs3)n2)cc1OC. The fourth-order valence-electron chi connectivity index (χ4n) is 2.24. The minimum Gasteiger partial charge on any atom is -0.493 e. The highest BCUT2D eigenvalue weighted by molar-refractivity contribution is 7.12. The minimum atomic E-state index is -0.406. The van der Waals surface area contributed by atoms with E-state index in [0.29, 0.717) is 28.1 Å². The summed E-state index contributed by atoms with van der Waals surface area (Å²) in [7, 11) is 3.13. The van der Waals surface area contributed by atoms with Crippen molar-refractivity contribution in [2.24, 2.45) is 0 Å².